The van der Waals surface area contributed by atoms with Crippen molar-refractivity contribution in [3.63, 3.8) is 0 Å². The lowest BCUT2D eigenvalue weighted by molar-refractivity contribution is -0.137. The van der Waals surface area contributed by atoms with Crippen molar-refractivity contribution in [3.8, 4) is 10.6 Å². The number of rotatable bonds is 5. The molecule has 90 valence electrons. The first-order chi connectivity index (χ1) is 8.15. The Morgan fingerprint density at radius 1 is 1.53 bits per heavy atom. The third-order valence-electron chi connectivity index (χ3n) is 2.27. The number of nitrogens with zero attached hydrogens (tertiary/aromatic N) is 1. The largest absolute Gasteiger partial charge is 0.481 e. The topological polar surface area (TPSA) is 66.0 Å². The second kappa shape index (κ2) is 5.46. The summed E-state index contributed by atoms with van der Waals surface area (Å²) in [7, 11) is 0. The zero-order chi connectivity index (χ0) is 12.3. The first-order valence-corrected chi connectivity index (χ1v) is 6.77. The van der Waals surface area contributed by atoms with Gasteiger partial charge in [0, 0.05) is 12.8 Å². The molecular weight excluding hydrogens is 304 g/mol. The van der Waals surface area contributed by atoms with E-state index in [1.54, 1.807) is 17.5 Å². The van der Waals surface area contributed by atoms with Crippen molar-refractivity contribution < 1.29 is 9.90 Å². The van der Waals surface area contributed by atoms with Gasteiger partial charge in [-0.2, -0.15) is 0 Å². The van der Waals surface area contributed by atoms with Gasteiger partial charge in [-0.05, 0) is 34.5 Å². The third-order valence-corrected chi connectivity index (χ3v) is 3.93. The number of nitrogens with one attached hydrogen (secondary N) is 1. The van der Waals surface area contributed by atoms with E-state index in [1.807, 2.05) is 12.1 Å². The second-order valence-electron chi connectivity index (χ2n) is 3.59. The van der Waals surface area contributed by atoms with E-state index in [4.69, 9.17) is 5.11 Å². The van der Waals surface area contributed by atoms with Crippen molar-refractivity contribution in [1.29, 1.82) is 0 Å². The fourth-order valence-corrected chi connectivity index (χ4v) is 2.83. The monoisotopic (exact) mass is 314 g/mol. The maximum absolute atomic E-state index is 10.4. The van der Waals surface area contributed by atoms with Gasteiger partial charge >= 0.3 is 5.97 Å². The number of carbonyl (C=O) groups is 1. The van der Waals surface area contributed by atoms with Gasteiger partial charge in [0.05, 0.1) is 20.6 Å². The van der Waals surface area contributed by atoms with Crippen LogP contribution in [0, 0.1) is 0 Å². The van der Waals surface area contributed by atoms with Gasteiger partial charge in [-0.25, -0.2) is 4.98 Å². The molecule has 0 aliphatic carbocycles. The molecule has 0 fully saturated rings. The minimum Gasteiger partial charge on any atom is -0.481 e. The fourth-order valence-electron chi connectivity index (χ4n) is 1.48. The Kier molecular flexibility index (Phi) is 3.96. The summed E-state index contributed by atoms with van der Waals surface area (Å²) in [6.07, 6.45) is 3.24. The molecule has 0 aliphatic rings. The van der Waals surface area contributed by atoms with Crippen LogP contribution in [0.2, 0.25) is 0 Å². The van der Waals surface area contributed by atoms with Crippen LogP contribution >= 0.6 is 27.3 Å². The Morgan fingerprint density at radius 2 is 2.35 bits per heavy atom. The third kappa shape index (κ3) is 3.41. The van der Waals surface area contributed by atoms with Crippen LogP contribution in [0.3, 0.4) is 0 Å². The van der Waals surface area contributed by atoms with Crippen LogP contribution in [0.1, 0.15) is 18.7 Å². The van der Waals surface area contributed by atoms with Crippen LogP contribution in [0.25, 0.3) is 10.6 Å². The Labute approximate surface area is 111 Å². The van der Waals surface area contributed by atoms with Crippen molar-refractivity contribution in [2.24, 2.45) is 0 Å². The molecule has 2 aromatic rings. The molecule has 0 aliphatic heterocycles. The molecule has 2 N–H and O–H groups in total. The van der Waals surface area contributed by atoms with Crippen LogP contribution < -0.4 is 0 Å². The molecule has 17 heavy (non-hydrogen) atoms. The van der Waals surface area contributed by atoms with Crippen LogP contribution in [0.5, 0.6) is 0 Å². The average molecular weight is 315 g/mol. The summed E-state index contributed by atoms with van der Waals surface area (Å²) in [6, 6.07) is 4.01. The smallest absolute Gasteiger partial charge is 0.303 e. The van der Waals surface area contributed by atoms with Gasteiger partial charge in [-0.3, -0.25) is 4.79 Å². The molecule has 0 spiro atoms. The number of aryl methyl sites for hydroxylation is 1. The number of carboxylic acid groups (broad SMARTS) is 1. The maximum atomic E-state index is 10.4. The molecule has 4 nitrogen and oxygen atoms in total. The lowest BCUT2D eigenvalue weighted by atomic mass is 10.2. The highest BCUT2D eigenvalue weighted by Crippen LogP contribution is 2.30. The summed E-state index contributed by atoms with van der Waals surface area (Å²) in [5, 5.41) is 8.54. The normalized spacial score (nSPS) is 10.6. The number of halogens is 1. The minimum atomic E-state index is -0.765. The van der Waals surface area contributed by atoms with Crippen molar-refractivity contribution in [3.05, 3.63) is 27.9 Å². The van der Waals surface area contributed by atoms with E-state index in [9.17, 15) is 4.79 Å². The lowest BCUT2D eigenvalue weighted by Gasteiger charge is -1.94. The molecule has 0 aromatic carbocycles. The van der Waals surface area contributed by atoms with E-state index in [0.717, 1.165) is 20.2 Å². The summed E-state index contributed by atoms with van der Waals surface area (Å²) < 4.78 is 1.08. The van der Waals surface area contributed by atoms with E-state index in [-0.39, 0.29) is 6.42 Å². The molecule has 0 amide bonds. The Morgan fingerprint density at radius 3 is 3.00 bits per heavy atom. The van der Waals surface area contributed by atoms with Crippen molar-refractivity contribution in [1.82, 2.24) is 9.97 Å². The number of aromatic nitrogens is 2. The molecule has 0 radical (unpaired) electrons. The van der Waals surface area contributed by atoms with E-state index in [1.165, 1.54) is 0 Å². The second-order valence-corrected chi connectivity index (χ2v) is 6.06. The van der Waals surface area contributed by atoms with E-state index in [0.29, 0.717) is 12.8 Å². The number of hydrogen-bond donors (Lipinski definition) is 2. The van der Waals surface area contributed by atoms with Gasteiger partial charge in [0.2, 0.25) is 0 Å². The highest BCUT2D eigenvalue weighted by molar-refractivity contribution is 9.11. The van der Waals surface area contributed by atoms with Crippen LogP contribution in [-0.2, 0) is 11.2 Å². The Hall–Kier alpha value is -1.14. The van der Waals surface area contributed by atoms with Crippen molar-refractivity contribution in [2.75, 3.05) is 0 Å². The molecule has 0 saturated carbocycles. The van der Waals surface area contributed by atoms with E-state index >= 15 is 0 Å². The predicted molar refractivity (Wildman–Crippen MR) is 70.2 cm³/mol. The SMILES string of the molecule is O=C(O)CCCc1ncc(-c2ccc(Br)s2)[nH]1. The maximum Gasteiger partial charge on any atom is 0.303 e. The van der Waals surface area contributed by atoms with Gasteiger partial charge in [0.1, 0.15) is 5.82 Å². The molecule has 6 heteroatoms. The molecule has 2 heterocycles. The van der Waals surface area contributed by atoms with Crippen LogP contribution in [0.4, 0.5) is 0 Å². The number of thiophene rings is 1. The predicted octanol–water partition coefficient (Wildman–Crippen LogP) is 3.31. The van der Waals surface area contributed by atoms with Gasteiger partial charge < -0.3 is 10.1 Å². The summed E-state index contributed by atoms with van der Waals surface area (Å²) in [6.45, 7) is 0. The van der Waals surface area contributed by atoms with Crippen molar-refractivity contribution >= 4 is 33.2 Å². The van der Waals surface area contributed by atoms with Crippen molar-refractivity contribution in [2.45, 2.75) is 19.3 Å². The number of hydrogen-bond acceptors (Lipinski definition) is 3. The average Bonchev–Trinajstić information content (AvgIpc) is 2.86. The van der Waals surface area contributed by atoms with Gasteiger partial charge in [-0.1, -0.05) is 0 Å². The first-order valence-electron chi connectivity index (χ1n) is 5.16. The summed E-state index contributed by atoms with van der Waals surface area (Å²) >= 11 is 5.05. The van der Waals surface area contributed by atoms with Gasteiger partial charge in [0.15, 0.2) is 0 Å². The van der Waals surface area contributed by atoms with Crippen LogP contribution in [-0.4, -0.2) is 21.0 Å². The fraction of sp³-hybridized carbons (Fsp3) is 0.273. The molecule has 0 saturated heterocycles. The highest BCUT2D eigenvalue weighted by atomic mass is 79.9. The highest BCUT2D eigenvalue weighted by Gasteiger charge is 2.06. The van der Waals surface area contributed by atoms with E-state index < -0.39 is 5.97 Å². The summed E-state index contributed by atoms with van der Waals surface area (Å²) in [5.41, 5.74) is 0.978. The summed E-state index contributed by atoms with van der Waals surface area (Å²) in [5.74, 6) is 0.0738. The first kappa shape index (κ1) is 12.3. The summed E-state index contributed by atoms with van der Waals surface area (Å²) in [4.78, 5) is 18.9. The molecular formula is C11H11BrN2O2S. The number of carboxylic acids is 1. The number of aliphatic carboxylic acids is 1. The Balaban J connectivity index is 1.98. The quantitative estimate of drug-likeness (QED) is 0.889. The standard InChI is InChI=1S/C11H11BrN2O2S/c12-9-5-4-8(17-9)7-6-13-10(14-7)2-1-3-11(15)16/h4-6H,1-3H2,(H,13,14)(H,15,16). The molecule has 0 bridgehead atoms. The van der Waals surface area contributed by atoms with E-state index in [2.05, 4.69) is 25.9 Å². The molecule has 0 atom stereocenters. The number of H-pyrrole nitrogens is 1. The van der Waals surface area contributed by atoms with Crippen LogP contribution in [0.15, 0.2) is 22.1 Å². The molecule has 0 unspecified atom stereocenters. The molecule has 2 aromatic heterocycles. The van der Waals surface area contributed by atoms with Gasteiger partial charge in [0.25, 0.3) is 0 Å². The number of imidazole rings is 1. The minimum absolute atomic E-state index is 0.181. The molecule has 2 rings (SSSR count). The number of aromatic amines is 1. The Bertz CT molecular complexity index is 521. The zero-order valence-corrected chi connectivity index (χ0v) is 11.3. The zero-order valence-electron chi connectivity index (χ0n) is 8.94. The lowest BCUT2D eigenvalue weighted by Crippen LogP contribution is -1.96. The van der Waals surface area contributed by atoms with Gasteiger partial charge in [-0.15, -0.1) is 11.3 Å².